The van der Waals surface area contributed by atoms with Gasteiger partial charge in [0, 0.05) is 6.20 Å². The summed E-state index contributed by atoms with van der Waals surface area (Å²) in [6, 6.07) is 10.4. The Hall–Kier alpha value is -2.60. The van der Waals surface area contributed by atoms with Crippen LogP contribution in [-0.2, 0) is 11.3 Å². The lowest BCUT2D eigenvalue weighted by Gasteiger charge is -2.06. The van der Waals surface area contributed by atoms with Crippen LogP contribution in [0.4, 0.5) is 0 Å². The lowest BCUT2D eigenvalue weighted by atomic mass is 10.2. The van der Waals surface area contributed by atoms with Crippen molar-refractivity contribution in [1.82, 2.24) is 14.6 Å². The van der Waals surface area contributed by atoms with Crippen LogP contribution in [0.1, 0.15) is 16.2 Å². The van der Waals surface area contributed by atoms with Crippen LogP contribution in [0, 0.1) is 0 Å². The Morgan fingerprint density at radius 2 is 2.09 bits per heavy atom. The summed E-state index contributed by atoms with van der Waals surface area (Å²) in [7, 11) is 1.33. The SMILES string of the molecule is COC(=O)c1ccn2c(COc3ccccc3Cl)nnc2c1. The van der Waals surface area contributed by atoms with E-state index in [0.29, 0.717) is 27.8 Å². The third-order valence-electron chi connectivity index (χ3n) is 3.10. The van der Waals surface area contributed by atoms with E-state index in [-0.39, 0.29) is 6.61 Å². The van der Waals surface area contributed by atoms with E-state index in [1.54, 1.807) is 34.9 Å². The molecule has 0 aliphatic rings. The lowest BCUT2D eigenvalue weighted by molar-refractivity contribution is 0.0600. The molecule has 22 heavy (non-hydrogen) atoms. The van der Waals surface area contributed by atoms with Gasteiger partial charge in [-0.15, -0.1) is 10.2 Å². The van der Waals surface area contributed by atoms with Crippen molar-refractivity contribution in [3.63, 3.8) is 0 Å². The Balaban J connectivity index is 1.83. The number of ether oxygens (including phenoxy) is 2. The van der Waals surface area contributed by atoms with Crippen LogP contribution in [0.15, 0.2) is 42.6 Å². The zero-order valence-corrected chi connectivity index (χ0v) is 12.4. The fraction of sp³-hybridized carbons (Fsp3) is 0.133. The third-order valence-corrected chi connectivity index (χ3v) is 3.41. The van der Waals surface area contributed by atoms with Gasteiger partial charge in [0.05, 0.1) is 17.7 Å². The topological polar surface area (TPSA) is 65.7 Å². The number of aromatic nitrogens is 3. The molecule has 1 aromatic carbocycles. The van der Waals surface area contributed by atoms with Gasteiger partial charge in [0.15, 0.2) is 11.5 Å². The number of halogens is 1. The van der Waals surface area contributed by atoms with Crippen LogP contribution < -0.4 is 4.74 Å². The molecule has 0 radical (unpaired) electrons. The van der Waals surface area contributed by atoms with Crippen LogP contribution in [0.5, 0.6) is 5.75 Å². The molecule has 0 saturated carbocycles. The van der Waals surface area contributed by atoms with Gasteiger partial charge in [-0.1, -0.05) is 23.7 Å². The van der Waals surface area contributed by atoms with Crippen molar-refractivity contribution >= 4 is 23.2 Å². The van der Waals surface area contributed by atoms with E-state index >= 15 is 0 Å². The van der Waals surface area contributed by atoms with Crippen molar-refractivity contribution < 1.29 is 14.3 Å². The summed E-state index contributed by atoms with van der Waals surface area (Å²) in [6.45, 7) is 0.211. The number of hydrogen-bond donors (Lipinski definition) is 0. The van der Waals surface area contributed by atoms with Crippen LogP contribution >= 0.6 is 11.6 Å². The Kier molecular flexibility index (Phi) is 3.93. The third kappa shape index (κ3) is 2.73. The summed E-state index contributed by atoms with van der Waals surface area (Å²) >= 11 is 6.04. The summed E-state index contributed by atoms with van der Waals surface area (Å²) in [5.41, 5.74) is 0.960. The monoisotopic (exact) mass is 317 g/mol. The first-order valence-electron chi connectivity index (χ1n) is 6.48. The van der Waals surface area contributed by atoms with E-state index in [1.165, 1.54) is 7.11 Å². The van der Waals surface area contributed by atoms with Crippen molar-refractivity contribution in [2.75, 3.05) is 7.11 Å². The molecule has 0 atom stereocenters. The summed E-state index contributed by atoms with van der Waals surface area (Å²) in [5, 5.41) is 8.61. The average Bonchev–Trinajstić information content (AvgIpc) is 2.95. The highest BCUT2D eigenvalue weighted by molar-refractivity contribution is 6.32. The Morgan fingerprint density at radius 3 is 2.86 bits per heavy atom. The van der Waals surface area contributed by atoms with Crippen molar-refractivity contribution in [3.8, 4) is 5.75 Å². The molecular weight excluding hydrogens is 306 g/mol. The molecule has 0 unspecified atom stereocenters. The first kappa shape index (κ1) is 14.3. The van der Waals surface area contributed by atoms with Gasteiger partial charge in [0.1, 0.15) is 12.4 Å². The molecule has 3 rings (SSSR count). The maximum absolute atomic E-state index is 11.5. The Morgan fingerprint density at radius 1 is 1.27 bits per heavy atom. The van der Waals surface area contributed by atoms with Crippen molar-refractivity contribution in [2.24, 2.45) is 0 Å². The second-order valence-electron chi connectivity index (χ2n) is 4.47. The van der Waals surface area contributed by atoms with E-state index in [4.69, 9.17) is 16.3 Å². The van der Waals surface area contributed by atoms with E-state index in [9.17, 15) is 4.79 Å². The number of carbonyl (C=O) groups excluding carboxylic acids is 1. The van der Waals surface area contributed by atoms with E-state index in [1.807, 2.05) is 12.1 Å². The van der Waals surface area contributed by atoms with E-state index in [0.717, 1.165) is 0 Å². The average molecular weight is 318 g/mol. The molecule has 2 aromatic heterocycles. The van der Waals surface area contributed by atoms with Gasteiger partial charge in [-0.05, 0) is 24.3 Å². The molecule has 0 fully saturated rings. The van der Waals surface area contributed by atoms with Crippen molar-refractivity contribution in [1.29, 1.82) is 0 Å². The quantitative estimate of drug-likeness (QED) is 0.692. The molecule has 0 aliphatic heterocycles. The van der Waals surface area contributed by atoms with E-state index in [2.05, 4.69) is 14.9 Å². The number of pyridine rings is 1. The molecule has 6 nitrogen and oxygen atoms in total. The second-order valence-corrected chi connectivity index (χ2v) is 4.88. The minimum Gasteiger partial charge on any atom is -0.484 e. The minimum atomic E-state index is -0.417. The van der Waals surface area contributed by atoms with Gasteiger partial charge < -0.3 is 9.47 Å². The molecule has 0 bridgehead atoms. The maximum atomic E-state index is 11.5. The summed E-state index contributed by atoms with van der Waals surface area (Å²) in [5.74, 6) is 0.762. The van der Waals surface area contributed by atoms with Crippen molar-refractivity contribution in [2.45, 2.75) is 6.61 Å². The molecule has 0 aliphatic carbocycles. The lowest BCUT2D eigenvalue weighted by Crippen LogP contribution is -2.04. The number of esters is 1. The minimum absolute atomic E-state index is 0.211. The normalized spacial score (nSPS) is 10.6. The number of hydrogen-bond acceptors (Lipinski definition) is 5. The van der Waals surface area contributed by atoms with Gasteiger partial charge in [0.25, 0.3) is 0 Å². The zero-order valence-electron chi connectivity index (χ0n) is 11.7. The molecule has 112 valence electrons. The first-order valence-corrected chi connectivity index (χ1v) is 6.86. The highest BCUT2D eigenvalue weighted by atomic mass is 35.5. The number of methoxy groups -OCH3 is 1. The largest absolute Gasteiger partial charge is 0.484 e. The first-order chi connectivity index (χ1) is 10.7. The van der Waals surface area contributed by atoms with Crippen LogP contribution in [0.25, 0.3) is 5.65 Å². The number of carbonyl (C=O) groups is 1. The second kappa shape index (κ2) is 6.03. The Bertz CT molecular complexity index is 832. The van der Waals surface area contributed by atoms with Crippen LogP contribution in [-0.4, -0.2) is 27.7 Å². The predicted octanol–water partition coefficient (Wildman–Crippen LogP) is 2.75. The van der Waals surface area contributed by atoms with Crippen LogP contribution in [0.2, 0.25) is 5.02 Å². The van der Waals surface area contributed by atoms with Gasteiger partial charge in [-0.2, -0.15) is 0 Å². The smallest absolute Gasteiger partial charge is 0.338 e. The highest BCUT2D eigenvalue weighted by Gasteiger charge is 2.11. The molecule has 0 saturated heterocycles. The standard InChI is InChI=1S/C15H12ClN3O3/c1-21-15(20)10-6-7-19-13(8-10)17-18-14(19)9-22-12-5-3-2-4-11(12)16/h2-8H,9H2,1H3. The number of nitrogens with zero attached hydrogens (tertiary/aromatic N) is 3. The summed E-state index contributed by atoms with van der Waals surface area (Å²) in [6.07, 6.45) is 1.70. The van der Waals surface area contributed by atoms with Gasteiger partial charge in [-0.3, -0.25) is 4.40 Å². The highest BCUT2D eigenvalue weighted by Crippen LogP contribution is 2.24. The molecule has 3 aromatic rings. The fourth-order valence-corrected chi connectivity index (χ4v) is 2.18. The van der Waals surface area contributed by atoms with Crippen LogP contribution in [0.3, 0.4) is 0 Å². The van der Waals surface area contributed by atoms with Gasteiger partial charge in [-0.25, -0.2) is 4.79 Å². The molecule has 0 amide bonds. The number of rotatable bonds is 4. The zero-order chi connectivity index (χ0) is 15.5. The van der Waals surface area contributed by atoms with Gasteiger partial charge in [0.2, 0.25) is 0 Å². The molecule has 0 spiro atoms. The fourth-order valence-electron chi connectivity index (χ4n) is 1.99. The number of benzene rings is 1. The predicted molar refractivity (Wildman–Crippen MR) is 80.1 cm³/mol. The number of fused-ring (bicyclic) bond motifs is 1. The molecular formula is C15H12ClN3O3. The Labute approximate surface area is 131 Å². The molecule has 7 heteroatoms. The van der Waals surface area contributed by atoms with E-state index < -0.39 is 5.97 Å². The van der Waals surface area contributed by atoms with Crippen molar-refractivity contribution in [3.05, 3.63) is 59.0 Å². The number of para-hydroxylation sites is 1. The summed E-state index contributed by atoms with van der Waals surface area (Å²) < 4.78 is 12.1. The summed E-state index contributed by atoms with van der Waals surface area (Å²) in [4.78, 5) is 11.5. The van der Waals surface area contributed by atoms with Gasteiger partial charge >= 0.3 is 5.97 Å². The molecule has 0 N–H and O–H groups in total. The maximum Gasteiger partial charge on any atom is 0.338 e. The molecule has 2 heterocycles.